The van der Waals surface area contributed by atoms with Crippen molar-refractivity contribution in [2.24, 2.45) is 7.05 Å². The lowest BCUT2D eigenvalue weighted by atomic mass is 10.0. The molecule has 0 aliphatic carbocycles. The van der Waals surface area contributed by atoms with Crippen LogP contribution in [0.4, 0.5) is 0 Å². The lowest BCUT2D eigenvalue weighted by Crippen LogP contribution is -2.36. The van der Waals surface area contributed by atoms with E-state index in [1.54, 1.807) is 12.1 Å². The van der Waals surface area contributed by atoms with E-state index in [2.05, 4.69) is 10.4 Å². The molecule has 1 aromatic carbocycles. The van der Waals surface area contributed by atoms with Crippen LogP contribution in [-0.2, 0) is 26.4 Å². The fourth-order valence-corrected chi connectivity index (χ4v) is 4.57. The Labute approximate surface area is 174 Å². The number of fused-ring (bicyclic) bond motifs is 1. The molecule has 3 heterocycles. The van der Waals surface area contributed by atoms with Crippen LogP contribution in [0.15, 0.2) is 42.5 Å². The molecule has 0 saturated carbocycles. The van der Waals surface area contributed by atoms with Gasteiger partial charge in [0.1, 0.15) is 0 Å². The molecular formula is C22H24N4O2S. The number of hydrogen-bond acceptors (Lipinski definition) is 4. The molecule has 0 atom stereocenters. The predicted molar refractivity (Wildman–Crippen MR) is 113 cm³/mol. The van der Waals surface area contributed by atoms with Crippen molar-refractivity contribution in [2.45, 2.75) is 26.3 Å². The van der Waals surface area contributed by atoms with Crippen LogP contribution in [0.25, 0.3) is 0 Å². The SMILES string of the molecule is Cc1ccc(C(=O)N2CCc3c(c(CCNC(=O)c4ccccc4)nn3C)C2)s1. The summed E-state index contributed by atoms with van der Waals surface area (Å²) in [5, 5.41) is 7.62. The summed E-state index contributed by atoms with van der Waals surface area (Å²) in [6.07, 6.45) is 1.44. The van der Waals surface area contributed by atoms with Crippen LogP contribution >= 0.6 is 11.3 Å². The number of aryl methyl sites for hydroxylation is 2. The van der Waals surface area contributed by atoms with E-state index in [0.717, 1.165) is 27.4 Å². The third-order valence-electron chi connectivity index (χ3n) is 5.25. The molecular weight excluding hydrogens is 384 g/mol. The van der Waals surface area contributed by atoms with Crippen molar-refractivity contribution in [3.63, 3.8) is 0 Å². The zero-order valence-corrected chi connectivity index (χ0v) is 17.5. The van der Waals surface area contributed by atoms with Crippen molar-refractivity contribution < 1.29 is 9.59 Å². The molecule has 150 valence electrons. The number of rotatable bonds is 5. The first-order valence-electron chi connectivity index (χ1n) is 9.75. The van der Waals surface area contributed by atoms with Gasteiger partial charge in [-0.2, -0.15) is 5.10 Å². The van der Waals surface area contributed by atoms with E-state index in [1.807, 2.05) is 53.9 Å². The van der Waals surface area contributed by atoms with Gasteiger partial charge in [0.05, 0.1) is 10.6 Å². The van der Waals surface area contributed by atoms with E-state index in [9.17, 15) is 9.59 Å². The summed E-state index contributed by atoms with van der Waals surface area (Å²) < 4.78 is 1.92. The highest BCUT2D eigenvalue weighted by Gasteiger charge is 2.27. The zero-order valence-electron chi connectivity index (χ0n) is 16.6. The Balaban J connectivity index is 1.43. The lowest BCUT2D eigenvalue weighted by molar-refractivity contribution is 0.0738. The summed E-state index contributed by atoms with van der Waals surface area (Å²) >= 11 is 1.54. The molecule has 4 rings (SSSR count). The van der Waals surface area contributed by atoms with E-state index < -0.39 is 0 Å². The Bertz CT molecular complexity index is 1040. The van der Waals surface area contributed by atoms with Crippen LogP contribution in [0.3, 0.4) is 0 Å². The second-order valence-electron chi connectivity index (χ2n) is 7.25. The minimum Gasteiger partial charge on any atom is -0.352 e. The van der Waals surface area contributed by atoms with Crippen molar-refractivity contribution in [1.29, 1.82) is 0 Å². The van der Waals surface area contributed by atoms with E-state index in [4.69, 9.17) is 0 Å². The van der Waals surface area contributed by atoms with Gasteiger partial charge in [0.15, 0.2) is 0 Å². The first kappa shape index (κ1) is 19.4. The fraction of sp³-hybridized carbons (Fsp3) is 0.318. The van der Waals surface area contributed by atoms with Gasteiger partial charge in [-0.1, -0.05) is 18.2 Å². The van der Waals surface area contributed by atoms with Crippen molar-refractivity contribution in [2.75, 3.05) is 13.1 Å². The van der Waals surface area contributed by atoms with Crippen LogP contribution < -0.4 is 5.32 Å². The molecule has 7 heteroatoms. The maximum absolute atomic E-state index is 12.9. The van der Waals surface area contributed by atoms with Gasteiger partial charge in [-0.05, 0) is 31.2 Å². The van der Waals surface area contributed by atoms with Crippen LogP contribution in [-0.4, -0.2) is 39.6 Å². The van der Waals surface area contributed by atoms with E-state index >= 15 is 0 Å². The average molecular weight is 409 g/mol. The molecule has 1 aliphatic heterocycles. The topological polar surface area (TPSA) is 67.2 Å². The van der Waals surface area contributed by atoms with Gasteiger partial charge < -0.3 is 10.2 Å². The molecule has 29 heavy (non-hydrogen) atoms. The number of carbonyl (C=O) groups is 2. The van der Waals surface area contributed by atoms with Gasteiger partial charge >= 0.3 is 0 Å². The number of benzene rings is 1. The molecule has 6 nitrogen and oxygen atoms in total. The summed E-state index contributed by atoms with van der Waals surface area (Å²) in [5.74, 6) is 0.00111. The molecule has 0 bridgehead atoms. The first-order valence-corrected chi connectivity index (χ1v) is 10.6. The molecule has 0 unspecified atom stereocenters. The van der Waals surface area contributed by atoms with Gasteiger partial charge in [0.2, 0.25) is 0 Å². The molecule has 2 aromatic heterocycles. The zero-order chi connectivity index (χ0) is 20.4. The highest BCUT2D eigenvalue weighted by atomic mass is 32.1. The Morgan fingerprint density at radius 3 is 2.69 bits per heavy atom. The molecule has 1 N–H and O–H groups in total. The van der Waals surface area contributed by atoms with E-state index in [1.165, 1.54) is 17.0 Å². The number of hydrogen-bond donors (Lipinski definition) is 1. The first-order chi connectivity index (χ1) is 14.0. The third kappa shape index (κ3) is 4.10. The predicted octanol–water partition coefficient (Wildman–Crippen LogP) is 2.96. The summed E-state index contributed by atoms with van der Waals surface area (Å²) in [7, 11) is 1.95. The Kier molecular flexibility index (Phi) is 5.49. The van der Waals surface area contributed by atoms with Crippen molar-refractivity contribution in [3.05, 3.63) is 74.7 Å². The van der Waals surface area contributed by atoms with E-state index in [-0.39, 0.29) is 11.8 Å². The normalized spacial score (nSPS) is 13.2. The number of aromatic nitrogens is 2. The summed E-state index contributed by atoms with van der Waals surface area (Å²) in [6.45, 7) is 3.79. The Morgan fingerprint density at radius 1 is 1.17 bits per heavy atom. The number of thiophene rings is 1. The molecule has 0 spiro atoms. The Morgan fingerprint density at radius 2 is 1.97 bits per heavy atom. The number of amides is 2. The maximum atomic E-state index is 12.9. The van der Waals surface area contributed by atoms with Gasteiger partial charge in [0.25, 0.3) is 11.8 Å². The quantitative estimate of drug-likeness (QED) is 0.706. The second-order valence-corrected chi connectivity index (χ2v) is 8.54. The van der Waals surface area contributed by atoms with Crippen LogP contribution in [0.5, 0.6) is 0 Å². The van der Waals surface area contributed by atoms with Crippen molar-refractivity contribution in [3.8, 4) is 0 Å². The largest absolute Gasteiger partial charge is 0.352 e. The number of carbonyl (C=O) groups excluding carboxylic acids is 2. The fourth-order valence-electron chi connectivity index (χ4n) is 3.74. The average Bonchev–Trinajstić information content (AvgIpc) is 3.31. The smallest absolute Gasteiger partial charge is 0.264 e. The summed E-state index contributed by atoms with van der Waals surface area (Å²) in [5.41, 5.74) is 3.91. The molecule has 2 amide bonds. The number of nitrogens with one attached hydrogen (secondary N) is 1. The third-order valence-corrected chi connectivity index (χ3v) is 6.24. The minimum atomic E-state index is -0.0831. The summed E-state index contributed by atoms with van der Waals surface area (Å²) in [6, 6.07) is 13.1. The van der Waals surface area contributed by atoms with E-state index in [0.29, 0.717) is 31.6 Å². The minimum absolute atomic E-state index is 0.0831. The van der Waals surface area contributed by atoms with Gasteiger partial charge in [-0.25, -0.2) is 0 Å². The Hall–Kier alpha value is -2.93. The van der Waals surface area contributed by atoms with Crippen molar-refractivity contribution >= 4 is 23.2 Å². The van der Waals surface area contributed by atoms with Crippen LogP contribution in [0.1, 0.15) is 41.9 Å². The maximum Gasteiger partial charge on any atom is 0.264 e. The van der Waals surface area contributed by atoms with Crippen LogP contribution in [0, 0.1) is 6.92 Å². The lowest BCUT2D eigenvalue weighted by Gasteiger charge is -2.27. The molecule has 0 saturated heterocycles. The van der Waals surface area contributed by atoms with Crippen molar-refractivity contribution in [1.82, 2.24) is 20.0 Å². The standard InChI is InChI=1S/C22H24N4O2S/c1-15-8-9-20(29-15)22(28)26-13-11-19-17(14-26)18(24-25(19)2)10-12-23-21(27)16-6-4-3-5-7-16/h3-9H,10-14H2,1-2H3,(H,23,27). The highest BCUT2D eigenvalue weighted by Crippen LogP contribution is 2.25. The number of nitrogens with zero attached hydrogens (tertiary/aromatic N) is 3. The van der Waals surface area contributed by atoms with Gasteiger partial charge in [-0.15, -0.1) is 11.3 Å². The molecule has 3 aromatic rings. The second kappa shape index (κ2) is 8.21. The summed E-state index contributed by atoms with van der Waals surface area (Å²) in [4.78, 5) is 28.9. The van der Waals surface area contributed by atoms with Gasteiger partial charge in [0, 0.05) is 61.2 Å². The van der Waals surface area contributed by atoms with Gasteiger partial charge in [-0.3, -0.25) is 14.3 Å². The molecule has 0 fully saturated rings. The van der Waals surface area contributed by atoms with Crippen LogP contribution in [0.2, 0.25) is 0 Å². The highest BCUT2D eigenvalue weighted by molar-refractivity contribution is 7.13. The monoisotopic (exact) mass is 408 g/mol. The molecule has 1 aliphatic rings. The molecule has 0 radical (unpaired) electrons.